The van der Waals surface area contributed by atoms with E-state index >= 15 is 0 Å². The van der Waals surface area contributed by atoms with Crippen molar-refractivity contribution in [2.24, 2.45) is 7.05 Å². The molecule has 0 radical (unpaired) electrons. The number of aromatic nitrogens is 5. The van der Waals surface area contributed by atoms with E-state index in [0.29, 0.717) is 10.7 Å². The van der Waals surface area contributed by atoms with Crippen molar-refractivity contribution in [1.82, 2.24) is 25.0 Å². The molecule has 2 N–H and O–H groups in total. The van der Waals surface area contributed by atoms with Crippen LogP contribution in [0.5, 0.6) is 0 Å². The van der Waals surface area contributed by atoms with E-state index < -0.39 is 0 Å². The molecular formula is C12H9N7OS. The van der Waals surface area contributed by atoms with E-state index in [0.717, 1.165) is 5.56 Å². The normalized spacial score (nSPS) is 10.3. The Labute approximate surface area is 123 Å². The van der Waals surface area contributed by atoms with Crippen LogP contribution in [0.3, 0.4) is 0 Å². The topological polar surface area (TPSA) is 112 Å². The van der Waals surface area contributed by atoms with Gasteiger partial charge in [0.15, 0.2) is 5.69 Å². The van der Waals surface area contributed by atoms with Crippen LogP contribution in [-0.4, -0.2) is 30.9 Å². The second-order valence-electron chi connectivity index (χ2n) is 4.16. The predicted molar refractivity (Wildman–Crippen MR) is 75.6 cm³/mol. The molecule has 1 amide bonds. The lowest BCUT2D eigenvalue weighted by atomic mass is 10.3. The zero-order valence-electron chi connectivity index (χ0n) is 10.9. The third-order valence-electron chi connectivity index (χ3n) is 2.66. The summed E-state index contributed by atoms with van der Waals surface area (Å²) >= 11 is 1.34. The number of nitrogens with one attached hydrogen (secondary N) is 2. The highest BCUT2D eigenvalue weighted by Gasteiger charge is 2.15. The molecule has 0 bridgehead atoms. The SMILES string of the molecule is Cn1cc(NC(=O)c2csc(-c3cn[nH]c3)n2)c(C#N)n1. The quantitative estimate of drug-likeness (QED) is 0.759. The molecule has 0 saturated carbocycles. The number of hydrogen-bond acceptors (Lipinski definition) is 6. The lowest BCUT2D eigenvalue weighted by Gasteiger charge is -1.99. The van der Waals surface area contributed by atoms with Crippen LogP contribution >= 0.6 is 11.3 Å². The number of aryl methyl sites for hydroxylation is 1. The number of nitrogens with zero attached hydrogens (tertiary/aromatic N) is 5. The fourth-order valence-electron chi connectivity index (χ4n) is 1.73. The first-order valence-electron chi connectivity index (χ1n) is 5.87. The van der Waals surface area contributed by atoms with Gasteiger partial charge in [0, 0.05) is 30.4 Å². The summed E-state index contributed by atoms with van der Waals surface area (Å²) in [5.74, 6) is -0.384. The van der Waals surface area contributed by atoms with Gasteiger partial charge in [-0.15, -0.1) is 11.3 Å². The van der Waals surface area contributed by atoms with Crippen LogP contribution in [0.25, 0.3) is 10.6 Å². The molecule has 3 aromatic heterocycles. The second-order valence-corrected chi connectivity index (χ2v) is 5.01. The zero-order valence-corrected chi connectivity index (χ0v) is 11.7. The number of carbonyl (C=O) groups excluding carboxylic acids is 1. The molecule has 0 aliphatic heterocycles. The molecule has 21 heavy (non-hydrogen) atoms. The second kappa shape index (κ2) is 5.18. The van der Waals surface area contributed by atoms with Gasteiger partial charge < -0.3 is 5.32 Å². The number of anilines is 1. The largest absolute Gasteiger partial charge is 0.317 e. The van der Waals surface area contributed by atoms with Gasteiger partial charge in [-0.25, -0.2) is 4.98 Å². The van der Waals surface area contributed by atoms with Gasteiger partial charge in [-0.3, -0.25) is 14.6 Å². The van der Waals surface area contributed by atoms with Crippen LogP contribution < -0.4 is 5.32 Å². The van der Waals surface area contributed by atoms with Gasteiger partial charge in [-0.2, -0.15) is 15.5 Å². The monoisotopic (exact) mass is 299 g/mol. The molecule has 0 spiro atoms. The minimum absolute atomic E-state index is 0.163. The highest BCUT2D eigenvalue weighted by atomic mass is 32.1. The summed E-state index contributed by atoms with van der Waals surface area (Å²) in [5.41, 5.74) is 1.63. The number of amides is 1. The molecule has 0 atom stereocenters. The number of H-pyrrole nitrogens is 1. The molecule has 0 saturated heterocycles. The lowest BCUT2D eigenvalue weighted by molar-refractivity contribution is 0.102. The third-order valence-corrected chi connectivity index (χ3v) is 3.56. The van der Waals surface area contributed by atoms with Gasteiger partial charge in [0.1, 0.15) is 16.8 Å². The van der Waals surface area contributed by atoms with Crippen molar-refractivity contribution in [2.45, 2.75) is 0 Å². The Morgan fingerprint density at radius 3 is 3.14 bits per heavy atom. The summed E-state index contributed by atoms with van der Waals surface area (Å²) in [6.07, 6.45) is 4.91. The molecule has 3 rings (SSSR count). The number of thiazole rings is 1. The summed E-state index contributed by atoms with van der Waals surface area (Å²) in [4.78, 5) is 16.4. The Hall–Kier alpha value is -2.99. The fraction of sp³-hybridized carbons (Fsp3) is 0.0833. The average Bonchev–Trinajstić information content (AvgIpc) is 3.18. The Morgan fingerprint density at radius 2 is 2.43 bits per heavy atom. The van der Waals surface area contributed by atoms with Crippen molar-refractivity contribution in [2.75, 3.05) is 5.32 Å². The van der Waals surface area contributed by atoms with E-state index in [4.69, 9.17) is 5.26 Å². The smallest absolute Gasteiger partial charge is 0.275 e. The number of carbonyl (C=O) groups is 1. The molecule has 8 nitrogen and oxygen atoms in total. The maximum atomic E-state index is 12.1. The van der Waals surface area contributed by atoms with Crippen molar-refractivity contribution in [1.29, 1.82) is 5.26 Å². The molecule has 104 valence electrons. The van der Waals surface area contributed by atoms with Crippen LogP contribution in [0, 0.1) is 11.3 Å². The summed E-state index contributed by atoms with van der Waals surface area (Å²) in [7, 11) is 1.68. The van der Waals surface area contributed by atoms with Gasteiger partial charge in [-0.1, -0.05) is 0 Å². The van der Waals surface area contributed by atoms with E-state index in [9.17, 15) is 4.79 Å². The maximum absolute atomic E-state index is 12.1. The molecule has 0 aliphatic rings. The van der Waals surface area contributed by atoms with Crippen LogP contribution in [0.15, 0.2) is 24.0 Å². The Morgan fingerprint density at radius 1 is 1.57 bits per heavy atom. The molecule has 0 fully saturated rings. The molecule has 3 aromatic rings. The zero-order chi connectivity index (χ0) is 14.8. The highest BCUT2D eigenvalue weighted by molar-refractivity contribution is 7.13. The number of hydrogen-bond donors (Lipinski definition) is 2. The summed E-state index contributed by atoms with van der Waals surface area (Å²) in [6.45, 7) is 0. The van der Waals surface area contributed by atoms with Crippen molar-refractivity contribution in [3.8, 4) is 16.6 Å². The molecular weight excluding hydrogens is 290 g/mol. The van der Waals surface area contributed by atoms with Crippen molar-refractivity contribution in [3.05, 3.63) is 35.4 Å². The first-order valence-corrected chi connectivity index (χ1v) is 6.75. The molecule has 9 heteroatoms. The molecule has 0 unspecified atom stereocenters. The van der Waals surface area contributed by atoms with E-state index in [-0.39, 0.29) is 17.3 Å². The third kappa shape index (κ3) is 2.52. The maximum Gasteiger partial charge on any atom is 0.275 e. The summed E-state index contributed by atoms with van der Waals surface area (Å²) in [6, 6.07) is 1.92. The van der Waals surface area contributed by atoms with Crippen molar-refractivity contribution >= 4 is 22.9 Å². The number of rotatable bonds is 3. The lowest BCUT2D eigenvalue weighted by Crippen LogP contribution is -2.12. The summed E-state index contributed by atoms with van der Waals surface area (Å²) in [5, 5.41) is 24.4. The van der Waals surface area contributed by atoms with Crippen molar-refractivity contribution < 1.29 is 4.79 Å². The average molecular weight is 299 g/mol. The molecule has 0 aliphatic carbocycles. The Bertz CT molecular complexity index is 824. The van der Waals surface area contributed by atoms with Crippen LogP contribution in [-0.2, 0) is 7.05 Å². The van der Waals surface area contributed by atoms with E-state index in [2.05, 4.69) is 25.6 Å². The van der Waals surface area contributed by atoms with E-state index in [1.165, 1.54) is 16.0 Å². The summed E-state index contributed by atoms with van der Waals surface area (Å²) < 4.78 is 1.46. The van der Waals surface area contributed by atoms with Gasteiger partial charge in [-0.05, 0) is 0 Å². The van der Waals surface area contributed by atoms with Gasteiger partial charge in [0.25, 0.3) is 5.91 Å². The number of nitriles is 1. The molecule has 3 heterocycles. The van der Waals surface area contributed by atoms with Crippen LogP contribution in [0.1, 0.15) is 16.2 Å². The van der Waals surface area contributed by atoms with Crippen LogP contribution in [0.2, 0.25) is 0 Å². The minimum Gasteiger partial charge on any atom is -0.317 e. The Kier molecular flexibility index (Phi) is 3.21. The number of aromatic amines is 1. The van der Waals surface area contributed by atoms with Gasteiger partial charge in [0.05, 0.1) is 11.9 Å². The molecule has 0 aromatic carbocycles. The Balaban J connectivity index is 1.81. The van der Waals surface area contributed by atoms with E-state index in [1.807, 2.05) is 6.07 Å². The highest BCUT2D eigenvalue weighted by Crippen LogP contribution is 2.23. The van der Waals surface area contributed by atoms with E-state index in [1.54, 1.807) is 31.0 Å². The van der Waals surface area contributed by atoms with Crippen molar-refractivity contribution in [3.63, 3.8) is 0 Å². The predicted octanol–water partition coefficient (Wildman–Crippen LogP) is 1.39. The first-order chi connectivity index (χ1) is 10.2. The first kappa shape index (κ1) is 13.0. The fourth-order valence-corrected chi connectivity index (χ4v) is 2.51. The van der Waals surface area contributed by atoms with Crippen LogP contribution in [0.4, 0.5) is 5.69 Å². The van der Waals surface area contributed by atoms with Gasteiger partial charge in [0.2, 0.25) is 0 Å². The standard InChI is InChI=1S/C12H9N7OS/c1-19-5-9(8(2-13)18-19)16-11(20)10-6-21-12(17-10)7-3-14-15-4-7/h3-6H,1H3,(H,14,15)(H,16,20). The van der Waals surface area contributed by atoms with Gasteiger partial charge >= 0.3 is 0 Å². The minimum atomic E-state index is -0.384.